The number of nitrogens with two attached hydrogens (primary N) is 1. The Hall–Kier alpha value is -1.65. The van der Waals surface area contributed by atoms with E-state index in [1.165, 1.54) is 48.0 Å². The number of hydrogen-bond donors (Lipinski definition) is 1. The van der Waals surface area contributed by atoms with Crippen molar-refractivity contribution in [2.75, 3.05) is 37.6 Å². The molecule has 1 saturated heterocycles. The zero-order chi connectivity index (χ0) is 15.6. The highest BCUT2D eigenvalue weighted by molar-refractivity contribution is 5.97. The Morgan fingerprint density at radius 2 is 2.17 bits per heavy atom. The van der Waals surface area contributed by atoms with Gasteiger partial charge in [-0.2, -0.15) is 0 Å². The average molecular weight is 310 g/mol. The minimum atomic E-state index is 0.633. The largest absolute Gasteiger partial charge is 0.366 e. The molecule has 4 rings (SSSR count). The van der Waals surface area contributed by atoms with E-state index in [2.05, 4.69) is 39.2 Å². The van der Waals surface area contributed by atoms with Gasteiger partial charge in [-0.05, 0) is 56.9 Å². The molecule has 4 nitrogen and oxygen atoms in total. The lowest BCUT2D eigenvalue weighted by atomic mass is 9.95. The van der Waals surface area contributed by atoms with Gasteiger partial charge in [-0.3, -0.25) is 4.98 Å². The highest BCUT2D eigenvalue weighted by atomic mass is 15.2. The van der Waals surface area contributed by atoms with Gasteiger partial charge in [0, 0.05) is 48.0 Å². The summed E-state index contributed by atoms with van der Waals surface area (Å²) < 4.78 is 0. The summed E-state index contributed by atoms with van der Waals surface area (Å²) >= 11 is 0. The Morgan fingerprint density at radius 1 is 1.22 bits per heavy atom. The molecule has 2 aliphatic heterocycles. The standard InChI is InChI=1S/C19H26N4/c20-8-3-10-22-9-2-5-17(14-22)23-11-7-16-13-21-12-15-4-1-6-18(23)19(15)16/h1,4,6,12-13,17H,2-3,5,7-11,14,20H2. The molecule has 4 heteroatoms. The number of rotatable bonds is 4. The number of nitrogens with zero attached hydrogens (tertiary/aromatic N) is 3. The topological polar surface area (TPSA) is 45.4 Å². The first-order valence-electron chi connectivity index (χ1n) is 8.91. The maximum Gasteiger partial charge on any atom is 0.0452 e. The lowest BCUT2D eigenvalue weighted by molar-refractivity contribution is 0.202. The van der Waals surface area contributed by atoms with Gasteiger partial charge in [0.1, 0.15) is 0 Å². The van der Waals surface area contributed by atoms with Crippen LogP contribution >= 0.6 is 0 Å². The highest BCUT2D eigenvalue weighted by Crippen LogP contribution is 2.36. The van der Waals surface area contributed by atoms with Crippen molar-refractivity contribution in [3.8, 4) is 0 Å². The Balaban J connectivity index is 1.62. The van der Waals surface area contributed by atoms with Gasteiger partial charge in [0.2, 0.25) is 0 Å². The van der Waals surface area contributed by atoms with Gasteiger partial charge in [0.05, 0.1) is 0 Å². The van der Waals surface area contributed by atoms with Gasteiger partial charge in [0.15, 0.2) is 0 Å². The van der Waals surface area contributed by atoms with E-state index in [1.54, 1.807) is 0 Å². The van der Waals surface area contributed by atoms with E-state index in [-0.39, 0.29) is 0 Å². The van der Waals surface area contributed by atoms with E-state index in [0.717, 1.165) is 32.5 Å². The molecule has 1 aromatic carbocycles. The molecule has 0 saturated carbocycles. The number of aromatic nitrogens is 1. The third-order valence-electron chi connectivity index (χ3n) is 5.37. The molecule has 1 unspecified atom stereocenters. The SMILES string of the molecule is NCCCN1CCCC(N2CCc3cncc4cccc2c34)C1. The van der Waals surface area contributed by atoms with Crippen LogP contribution in [0.25, 0.3) is 10.8 Å². The van der Waals surface area contributed by atoms with Crippen molar-refractivity contribution >= 4 is 16.5 Å². The molecule has 1 aromatic heterocycles. The summed E-state index contributed by atoms with van der Waals surface area (Å²) in [5, 5.41) is 2.70. The monoisotopic (exact) mass is 310 g/mol. The van der Waals surface area contributed by atoms with Crippen LogP contribution in [-0.4, -0.2) is 48.6 Å². The predicted octanol–water partition coefficient (Wildman–Crippen LogP) is 2.41. The minimum Gasteiger partial charge on any atom is -0.366 e. The van der Waals surface area contributed by atoms with E-state index in [0.29, 0.717) is 6.04 Å². The maximum atomic E-state index is 5.68. The summed E-state index contributed by atoms with van der Waals surface area (Å²) in [5.41, 5.74) is 8.51. The van der Waals surface area contributed by atoms with Crippen LogP contribution in [0.5, 0.6) is 0 Å². The first kappa shape index (κ1) is 14.9. The number of likely N-dealkylation sites (tertiary alicyclic amines) is 1. The fraction of sp³-hybridized carbons (Fsp3) is 0.526. The molecule has 0 bridgehead atoms. The number of hydrogen-bond acceptors (Lipinski definition) is 4. The molecule has 122 valence electrons. The minimum absolute atomic E-state index is 0.633. The van der Waals surface area contributed by atoms with Crippen LogP contribution in [0, 0.1) is 0 Å². The van der Waals surface area contributed by atoms with E-state index >= 15 is 0 Å². The summed E-state index contributed by atoms with van der Waals surface area (Å²) in [7, 11) is 0. The van der Waals surface area contributed by atoms with Crippen LogP contribution < -0.4 is 10.6 Å². The van der Waals surface area contributed by atoms with Gasteiger partial charge in [-0.15, -0.1) is 0 Å². The van der Waals surface area contributed by atoms with E-state index in [4.69, 9.17) is 5.73 Å². The van der Waals surface area contributed by atoms with Crippen molar-refractivity contribution in [2.45, 2.75) is 31.7 Å². The molecule has 2 aromatic rings. The molecular formula is C19H26N4. The number of pyridine rings is 1. The van der Waals surface area contributed by atoms with Crippen LogP contribution in [0.3, 0.4) is 0 Å². The van der Waals surface area contributed by atoms with Gasteiger partial charge in [-0.25, -0.2) is 0 Å². The van der Waals surface area contributed by atoms with Crippen molar-refractivity contribution in [2.24, 2.45) is 5.73 Å². The lowest BCUT2D eigenvalue weighted by Gasteiger charge is -2.43. The normalized spacial score (nSPS) is 21.8. The van der Waals surface area contributed by atoms with E-state index in [9.17, 15) is 0 Å². The molecule has 23 heavy (non-hydrogen) atoms. The zero-order valence-electron chi connectivity index (χ0n) is 13.7. The summed E-state index contributed by atoms with van der Waals surface area (Å²) in [4.78, 5) is 9.66. The third kappa shape index (κ3) is 2.81. The molecule has 1 fully saturated rings. The Labute approximate surface area is 138 Å². The quantitative estimate of drug-likeness (QED) is 0.942. The second-order valence-electron chi connectivity index (χ2n) is 6.86. The van der Waals surface area contributed by atoms with E-state index in [1.807, 2.05) is 6.20 Å². The Bertz CT molecular complexity index is 679. The third-order valence-corrected chi connectivity index (χ3v) is 5.37. The zero-order valence-corrected chi connectivity index (χ0v) is 13.7. The Morgan fingerprint density at radius 3 is 3.09 bits per heavy atom. The highest BCUT2D eigenvalue weighted by Gasteiger charge is 2.28. The van der Waals surface area contributed by atoms with Crippen LogP contribution in [0.4, 0.5) is 5.69 Å². The molecule has 0 radical (unpaired) electrons. The first-order valence-corrected chi connectivity index (χ1v) is 8.91. The smallest absolute Gasteiger partial charge is 0.0452 e. The number of benzene rings is 1. The lowest BCUT2D eigenvalue weighted by Crippen LogP contribution is -2.50. The summed E-state index contributed by atoms with van der Waals surface area (Å²) in [6, 6.07) is 7.29. The molecule has 2 N–H and O–H groups in total. The predicted molar refractivity (Wildman–Crippen MR) is 95.9 cm³/mol. The molecular weight excluding hydrogens is 284 g/mol. The molecule has 1 atom stereocenters. The van der Waals surface area contributed by atoms with Crippen molar-refractivity contribution in [3.63, 3.8) is 0 Å². The Kier molecular flexibility index (Phi) is 4.19. The molecule has 0 amide bonds. The fourth-order valence-corrected chi connectivity index (χ4v) is 4.26. The summed E-state index contributed by atoms with van der Waals surface area (Å²) in [5.74, 6) is 0. The number of anilines is 1. The van der Waals surface area contributed by atoms with Crippen LogP contribution in [0.15, 0.2) is 30.6 Å². The second kappa shape index (κ2) is 6.46. The average Bonchev–Trinajstić information content (AvgIpc) is 2.61. The van der Waals surface area contributed by atoms with E-state index < -0.39 is 0 Å². The van der Waals surface area contributed by atoms with Crippen LogP contribution in [-0.2, 0) is 6.42 Å². The second-order valence-corrected chi connectivity index (χ2v) is 6.86. The molecule has 3 heterocycles. The van der Waals surface area contributed by atoms with Crippen LogP contribution in [0.1, 0.15) is 24.8 Å². The summed E-state index contributed by atoms with van der Waals surface area (Å²) in [6.45, 7) is 5.47. The van der Waals surface area contributed by atoms with Gasteiger partial charge in [-0.1, -0.05) is 12.1 Å². The van der Waals surface area contributed by atoms with Gasteiger partial charge in [0.25, 0.3) is 0 Å². The first-order chi connectivity index (χ1) is 11.4. The fourth-order valence-electron chi connectivity index (χ4n) is 4.26. The van der Waals surface area contributed by atoms with Crippen molar-refractivity contribution in [1.82, 2.24) is 9.88 Å². The van der Waals surface area contributed by atoms with Gasteiger partial charge >= 0.3 is 0 Å². The number of piperidine rings is 1. The molecule has 2 aliphatic rings. The maximum absolute atomic E-state index is 5.68. The molecule has 0 spiro atoms. The van der Waals surface area contributed by atoms with Crippen molar-refractivity contribution in [1.29, 1.82) is 0 Å². The van der Waals surface area contributed by atoms with Gasteiger partial charge < -0.3 is 15.5 Å². The molecule has 0 aliphatic carbocycles. The van der Waals surface area contributed by atoms with Crippen molar-refractivity contribution in [3.05, 3.63) is 36.2 Å². The van der Waals surface area contributed by atoms with Crippen molar-refractivity contribution < 1.29 is 0 Å². The van der Waals surface area contributed by atoms with Crippen LogP contribution in [0.2, 0.25) is 0 Å². The summed E-state index contributed by atoms with van der Waals surface area (Å²) in [6.07, 6.45) is 8.87.